The molecule has 0 bridgehead atoms. The fourth-order valence-electron chi connectivity index (χ4n) is 3.79. The molecule has 33 heavy (non-hydrogen) atoms. The van der Waals surface area contributed by atoms with Gasteiger partial charge in [-0.3, -0.25) is 4.79 Å². The van der Waals surface area contributed by atoms with Gasteiger partial charge < -0.3 is 20.4 Å². The second-order valence-corrected chi connectivity index (χ2v) is 7.50. The van der Waals surface area contributed by atoms with E-state index in [1.54, 1.807) is 0 Å². The maximum Gasteiger partial charge on any atom is 0.317 e. The minimum absolute atomic E-state index is 0.114. The van der Waals surface area contributed by atoms with Crippen molar-refractivity contribution in [2.75, 3.05) is 17.7 Å². The number of benzodiazepines with no additional fused rings is 1. The minimum Gasteiger partial charge on any atom is -0.406 e. The van der Waals surface area contributed by atoms with E-state index in [9.17, 15) is 4.79 Å². The normalized spacial score (nSPS) is 16.2. The van der Waals surface area contributed by atoms with E-state index in [1.165, 1.54) is 0 Å². The van der Waals surface area contributed by atoms with Crippen LogP contribution in [-0.4, -0.2) is 35.0 Å². The van der Waals surface area contributed by atoms with E-state index in [2.05, 4.69) is 26.1 Å². The Balaban J connectivity index is 1.47. The molecule has 0 fully saturated rings. The number of anilines is 2. The van der Waals surface area contributed by atoms with Crippen molar-refractivity contribution in [3.8, 4) is 0 Å². The number of carbonyl (C=O) groups excluding carboxylic acids is 1. The molecular formula is C25H22N6O2. The number of fused-ring (bicyclic) bond motifs is 1. The predicted molar refractivity (Wildman–Crippen MR) is 126 cm³/mol. The molecule has 0 saturated carbocycles. The van der Waals surface area contributed by atoms with Gasteiger partial charge in [-0.05, 0) is 18.7 Å². The lowest BCUT2D eigenvalue weighted by molar-refractivity contribution is -0.116. The van der Waals surface area contributed by atoms with Crippen molar-refractivity contribution in [1.29, 1.82) is 0 Å². The topological polar surface area (TPSA) is 104 Å². The van der Waals surface area contributed by atoms with Crippen molar-refractivity contribution < 1.29 is 9.21 Å². The maximum absolute atomic E-state index is 13.0. The average molecular weight is 438 g/mol. The molecule has 1 aliphatic rings. The highest BCUT2D eigenvalue weighted by molar-refractivity contribution is 6.19. The molecule has 8 heteroatoms. The molecule has 3 N–H and O–H groups in total. The molecule has 4 aromatic rings. The van der Waals surface area contributed by atoms with E-state index in [0.717, 1.165) is 16.7 Å². The van der Waals surface area contributed by atoms with Gasteiger partial charge in [0.2, 0.25) is 12.1 Å². The van der Waals surface area contributed by atoms with E-state index in [0.29, 0.717) is 17.3 Å². The molecule has 1 amide bonds. The first kappa shape index (κ1) is 20.6. The van der Waals surface area contributed by atoms with Gasteiger partial charge in [-0.2, -0.15) is 0 Å². The molecule has 1 aromatic heterocycles. The van der Waals surface area contributed by atoms with Crippen molar-refractivity contribution in [1.82, 2.24) is 15.5 Å². The Morgan fingerprint density at radius 2 is 1.61 bits per heavy atom. The highest BCUT2D eigenvalue weighted by Gasteiger charge is 2.27. The molecule has 2 heterocycles. The lowest BCUT2D eigenvalue weighted by atomic mass is 10.0. The first-order valence-corrected chi connectivity index (χ1v) is 10.6. The van der Waals surface area contributed by atoms with Crippen molar-refractivity contribution >= 4 is 23.3 Å². The summed E-state index contributed by atoms with van der Waals surface area (Å²) in [5, 5.41) is 17.4. The summed E-state index contributed by atoms with van der Waals surface area (Å²) in [5.74, 6) is 0.0668. The van der Waals surface area contributed by atoms with Crippen LogP contribution in [0.2, 0.25) is 0 Å². The number of benzene rings is 3. The Morgan fingerprint density at radius 1 is 0.909 bits per heavy atom. The van der Waals surface area contributed by atoms with Crippen LogP contribution >= 0.6 is 0 Å². The summed E-state index contributed by atoms with van der Waals surface area (Å²) >= 11 is 0. The van der Waals surface area contributed by atoms with Gasteiger partial charge in [0.25, 0.3) is 5.91 Å². The molecular weight excluding hydrogens is 416 g/mol. The summed E-state index contributed by atoms with van der Waals surface area (Å²) in [4.78, 5) is 17.7. The van der Waals surface area contributed by atoms with Crippen LogP contribution in [0.3, 0.4) is 0 Å². The maximum atomic E-state index is 13.0. The zero-order valence-corrected chi connectivity index (χ0v) is 17.9. The Bertz CT molecular complexity index is 1290. The summed E-state index contributed by atoms with van der Waals surface area (Å²) in [6.45, 7) is 0. The Kier molecular flexibility index (Phi) is 5.65. The molecule has 2 atom stereocenters. The monoisotopic (exact) mass is 438 g/mol. The van der Waals surface area contributed by atoms with E-state index in [4.69, 9.17) is 9.41 Å². The van der Waals surface area contributed by atoms with Gasteiger partial charge in [0.1, 0.15) is 6.04 Å². The smallest absolute Gasteiger partial charge is 0.317 e. The van der Waals surface area contributed by atoms with Crippen LogP contribution in [0.5, 0.6) is 0 Å². The second kappa shape index (κ2) is 9.05. The van der Waals surface area contributed by atoms with Crippen LogP contribution in [0.1, 0.15) is 28.6 Å². The van der Waals surface area contributed by atoms with Gasteiger partial charge >= 0.3 is 6.01 Å². The third-order valence-corrected chi connectivity index (χ3v) is 5.36. The predicted octanol–water partition coefficient (Wildman–Crippen LogP) is 3.61. The fourth-order valence-corrected chi connectivity index (χ4v) is 3.79. The first-order valence-electron chi connectivity index (χ1n) is 10.6. The minimum atomic E-state index is -0.953. The molecule has 1 unspecified atom stereocenters. The van der Waals surface area contributed by atoms with E-state index in [1.807, 2.05) is 92.0 Å². The van der Waals surface area contributed by atoms with E-state index >= 15 is 0 Å². The zero-order chi connectivity index (χ0) is 22.6. The summed E-state index contributed by atoms with van der Waals surface area (Å²) in [5.41, 5.74) is 4.12. The van der Waals surface area contributed by atoms with Gasteiger partial charge in [0, 0.05) is 11.1 Å². The molecule has 5 rings (SSSR count). The average Bonchev–Trinajstić information content (AvgIpc) is 3.26. The second-order valence-electron chi connectivity index (χ2n) is 7.50. The van der Waals surface area contributed by atoms with Gasteiger partial charge in [-0.1, -0.05) is 84.0 Å². The van der Waals surface area contributed by atoms with Gasteiger partial charge in [-0.15, -0.1) is 5.10 Å². The lowest BCUT2D eigenvalue weighted by Gasteiger charge is -2.13. The summed E-state index contributed by atoms with van der Waals surface area (Å²) < 4.78 is 5.86. The van der Waals surface area contributed by atoms with Crippen molar-refractivity contribution in [2.45, 2.75) is 12.2 Å². The highest BCUT2D eigenvalue weighted by Crippen LogP contribution is 2.26. The number of hydrogen-bond acceptors (Lipinski definition) is 7. The van der Waals surface area contributed by atoms with Crippen molar-refractivity contribution in [3.05, 3.63) is 108 Å². The number of hydrogen-bond donors (Lipinski definition) is 3. The standard InChI is InChI=1S/C25H22N6O2/c1-26-21(17-12-6-3-7-13-17)24-30-31-25(33-24)29-22-23(32)27-19-15-9-8-14-18(19)20(28-22)16-10-4-2-5-11-16/h2-15,21-22,26H,1H3,(H,27,32)(H,29,31)/t21-,22?/m1/s1. The van der Waals surface area contributed by atoms with E-state index < -0.39 is 6.17 Å². The molecule has 1 aliphatic heterocycles. The molecule has 0 saturated heterocycles. The van der Waals surface area contributed by atoms with Crippen molar-refractivity contribution in [3.63, 3.8) is 0 Å². The van der Waals surface area contributed by atoms with Gasteiger partial charge in [-0.25, -0.2) is 4.99 Å². The number of nitrogens with zero attached hydrogens (tertiary/aromatic N) is 3. The molecule has 0 aliphatic carbocycles. The number of para-hydroxylation sites is 1. The summed E-state index contributed by atoms with van der Waals surface area (Å²) in [7, 11) is 1.82. The summed E-state index contributed by atoms with van der Waals surface area (Å²) in [6.07, 6.45) is -0.953. The third kappa shape index (κ3) is 4.24. The quantitative estimate of drug-likeness (QED) is 0.425. The molecule has 164 valence electrons. The third-order valence-electron chi connectivity index (χ3n) is 5.36. The van der Waals surface area contributed by atoms with Crippen LogP contribution in [0.25, 0.3) is 0 Å². The first-order chi connectivity index (χ1) is 16.2. The number of aromatic nitrogens is 2. The number of carbonyl (C=O) groups is 1. The lowest BCUT2D eigenvalue weighted by Crippen LogP contribution is -2.32. The number of amides is 1. The highest BCUT2D eigenvalue weighted by atomic mass is 16.4. The fraction of sp³-hybridized carbons (Fsp3) is 0.120. The van der Waals surface area contributed by atoms with E-state index in [-0.39, 0.29) is 18.0 Å². The Morgan fingerprint density at radius 3 is 2.36 bits per heavy atom. The molecule has 0 spiro atoms. The number of nitrogens with one attached hydrogen (secondary N) is 3. The van der Waals surface area contributed by atoms with Crippen molar-refractivity contribution in [2.24, 2.45) is 4.99 Å². The molecule has 8 nitrogen and oxygen atoms in total. The summed E-state index contributed by atoms with van der Waals surface area (Å²) in [6, 6.07) is 27.0. The van der Waals surface area contributed by atoms with Crippen LogP contribution in [-0.2, 0) is 4.79 Å². The number of rotatable bonds is 6. The SMILES string of the molecule is CN[C@H](c1ccccc1)c1nnc(NC2N=C(c3ccccc3)c3ccccc3NC2=O)o1. The van der Waals surface area contributed by atoms with Crippen LogP contribution in [0.4, 0.5) is 11.7 Å². The molecule has 0 radical (unpaired) electrons. The van der Waals surface area contributed by atoms with Crippen LogP contribution in [0, 0.1) is 0 Å². The number of aliphatic imine (C=N–C) groups is 1. The Hall–Kier alpha value is -4.30. The van der Waals surface area contributed by atoms with Crippen LogP contribution in [0.15, 0.2) is 94.3 Å². The Labute approximate surface area is 190 Å². The van der Waals surface area contributed by atoms with Crippen LogP contribution < -0.4 is 16.0 Å². The van der Waals surface area contributed by atoms with Gasteiger partial charge in [0.15, 0.2) is 0 Å². The molecule has 3 aromatic carbocycles. The van der Waals surface area contributed by atoms with Gasteiger partial charge in [0.05, 0.1) is 11.4 Å². The zero-order valence-electron chi connectivity index (χ0n) is 17.9. The largest absolute Gasteiger partial charge is 0.406 e.